The van der Waals surface area contributed by atoms with Crippen molar-refractivity contribution < 1.29 is 9.59 Å². The molecular weight excluding hydrogens is 336 g/mol. The Morgan fingerprint density at radius 1 is 1.07 bits per heavy atom. The van der Waals surface area contributed by atoms with Crippen molar-refractivity contribution in [2.75, 3.05) is 6.54 Å². The van der Waals surface area contributed by atoms with Gasteiger partial charge in [0.2, 0.25) is 11.8 Å². The van der Waals surface area contributed by atoms with Gasteiger partial charge in [0.05, 0.1) is 11.8 Å². The number of nitrogens with one attached hydrogen (secondary N) is 1. The standard InChI is InChI=1S/C23H30N2O2/c26-22(24-19-11-5-2-6-12-19)20-13-7-10-18-14-15-25(23(27)21(18)20)16-17-8-3-1-4-9-17/h1,3-4,7-10,18-21H,2,5-6,11-16H2,(H,24,26)/t18-,20+,21+/m1/s1. The first-order chi connectivity index (χ1) is 13.2. The number of rotatable bonds is 4. The molecule has 4 heteroatoms. The number of likely N-dealkylation sites (tertiary alicyclic amines) is 1. The molecule has 2 amide bonds. The summed E-state index contributed by atoms with van der Waals surface area (Å²) in [6.45, 7) is 1.42. The minimum absolute atomic E-state index is 0.0937. The van der Waals surface area contributed by atoms with E-state index in [0.29, 0.717) is 19.0 Å². The number of allylic oxidation sites excluding steroid dienone is 2. The van der Waals surface area contributed by atoms with Crippen LogP contribution in [0.15, 0.2) is 42.5 Å². The molecule has 1 saturated heterocycles. The minimum Gasteiger partial charge on any atom is -0.353 e. The molecule has 1 aliphatic heterocycles. The van der Waals surface area contributed by atoms with E-state index >= 15 is 0 Å². The molecule has 4 rings (SSSR count). The number of piperidine rings is 1. The average Bonchev–Trinajstić information content (AvgIpc) is 2.71. The molecule has 0 spiro atoms. The van der Waals surface area contributed by atoms with Crippen LogP contribution in [0.3, 0.4) is 0 Å². The fourth-order valence-corrected chi connectivity index (χ4v) is 5.01. The van der Waals surface area contributed by atoms with Crippen LogP contribution < -0.4 is 5.32 Å². The van der Waals surface area contributed by atoms with E-state index in [1.165, 1.54) is 19.3 Å². The Hall–Kier alpha value is -2.10. The number of nitrogens with zero attached hydrogens (tertiary/aromatic N) is 1. The van der Waals surface area contributed by atoms with Gasteiger partial charge in [-0.2, -0.15) is 0 Å². The van der Waals surface area contributed by atoms with E-state index in [0.717, 1.165) is 31.4 Å². The molecule has 144 valence electrons. The summed E-state index contributed by atoms with van der Waals surface area (Å²) >= 11 is 0. The van der Waals surface area contributed by atoms with Gasteiger partial charge in [0.25, 0.3) is 0 Å². The highest BCUT2D eigenvalue weighted by molar-refractivity contribution is 5.89. The first-order valence-corrected chi connectivity index (χ1v) is 10.5. The highest BCUT2D eigenvalue weighted by atomic mass is 16.2. The Kier molecular flexibility index (Phi) is 5.61. The molecule has 0 radical (unpaired) electrons. The van der Waals surface area contributed by atoms with Crippen LogP contribution in [0.2, 0.25) is 0 Å². The molecule has 1 aromatic carbocycles. The van der Waals surface area contributed by atoms with Crippen LogP contribution in [-0.2, 0) is 16.1 Å². The summed E-state index contributed by atoms with van der Waals surface area (Å²) in [5, 5.41) is 3.26. The SMILES string of the molecule is O=C(NC1CCCCC1)[C@H]1CC=C[C@@H]2CCN(Cc3ccccc3)C(=O)[C@@H]21. The summed E-state index contributed by atoms with van der Waals surface area (Å²) in [5.74, 6) is 0.0452. The van der Waals surface area contributed by atoms with Gasteiger partial charge in [0, 0.05) is 19.1 Å². The van der Waals surface area contributed by atoms with Crippen LogP contribution >= 0.6 is 0 Å². The van der Waals surface area contributed by atoms with Gasteiger partial charge in [0.1, 0.15) is 0 Å². The molecule has 3 atom stereocenters. The molecule has 0 unspecified atom stereocenters. The molecule has 2 fully saturated rings. The lowest BCUT2D eigenvalue weighted by Crippen LogP contribution is -2.52. The maximum Gasteiger partial charge on any atom is 0.227 e. The fourth-order valence-electron chi connectivity index (χ4n) is 5.01. The van der Waals surface area contributed by atoms with Crippen molar-refractivity contribution in [1.82, 2.24) is 10.2 Å². The van der Waals surface area contributed by atoms with E-state index in [4.69, 9.17) is 0 Å². The monoisotopic (exact) mass is 366 g/mol. The summed E-state index contributed by atoms with van der Waals surface area (Å²) in [4.78, 5) is 28.3. The van der Waals surface area contributed by atoms with Gasteiger partial charge < -0.3 is 10.2 Å². The van der Waals surface area contributed by atoms with Gasteiger partial charge in [-0.05, 0) is 37.2 Å². The van der Waals surface area contributed by atoms with Gasteiger partial charge >= 0.3 is 0 Å². The molecule has 3 aliphatic rings. The van der Waals surface area contributed by atoms with E-state index in [1.807, 2.05) is 23.1 Å². The van der Waals surface area contributed by atoms with Gasteiger partial charge in [-0.25, -0.2) is 0 Å². The zero-order valence-electron chi connectivity index (χ0n) is 16.0. The second-order valence-corrected chi connectivity index (χ2v) is 8.34. The summed E-state index contributed by atoms with van der Waals surface area (Å²) in [5.41, 5.74) is 1.15. The third kappa shape index (κ3) is 4.10. The lowest BCUT2D eigenvalue weighted by molar-refractivity contribution is -0.148. The number of fused-ring (bicyclic) bond motifs is 1. The molecule has 1 N–H and O–H groups in total. The number of amides is 2. The molecular formula is C23H30N2O2. The molecule has 1 aromatic rings. The zero-order valence-corrected chi connectivity index (χ0v) is 16.0. The smallest absolute Gasteiger partial charge is 0.227 e. The predicted molar refractivity (Wildman–Crippen MR) is 106 cm³/mol. The summed E-state index contributed by atoms with van der Waals surface area (Å²) in [6.07, 6.45) is 11.8. The predicted octanol–water partition coefficient (Wildman–Crippen LogP) is 3.68. The van der Waals surface area contributed by atoms with E-state index in [9.17, 15) is 9.59 Å². The fraction of sp³-hybridized carbons (Fsp3) is 0.565. The lowest BCUT2D eigenvalue weighted by atomic mass is 9.71. The number of hydrogen-bond acceptors (Lipinski definition) is 2. The molecule has 1 saturated carbocycles. The highest BCUT2D eigenvalue weighted by Crippen LogP contribution is 2.38. The number of carbonyl (C=O) groups is 2. The minimum atomic E-state index is -0.215. The molecule has 2 aliphatic carbocycles. The van der Waals surface area contributed by atoms with Gasteiger partial charge in [-0.3, -0.25) is 9.59 Å². The van der Waals surface area contributed by atoms with Crippen molar-refractivity contribution in [2.24, 2.45) is 17.8 Å². The maximum absolute atomic E-state index is 13.3. The topological polar surface area (TPSA) is 49.4 Å². The van der Waals surface area contributed by atoms with Crippen molar-refractivity contribution in [3.8, 4) is 0 Å². The van der Waals surface area contributed by atoms with E-state index < -0.39 is 0 Å². The van der Waals surface area contributed by atoms with E-state index in [-0.39, 0.29) is 29.6 Å². The van der Waals surface area contributed by atoms with Crippen LogP contribution in [0, 0.1) is 17.8 Å². The Bertz CT molecular complexity index is 694. The highest BCUT2D eigenvalue weighted by Gasteiger charge is 2.44. The van der Waals surface area contributed by atoms with Crippen LogP contribution in [0.1, 0.15) is 50.5 Å². The molecule has 0 aromatic heterocycles. The number of hydrogen-bond donors (Lipinski definition) is 1. The van der Waals surface area contributed by atoms with Crippen molar-refractivity contribution in [2.45, 2.75) is 57.5 Å². The Morgan fingerprint density at radius 2 is 1.85 bits per heavy atom. The molecule has 0 bridgehead atoms. The summed E-state index contributed by atoms with van der Waals surface area (Å²) in [6, 6.07) is 10.4. The van der Waals surface area contributed by atoms with Crippen LogP contribution in [0.5, 0.6) is 0 Å². The second kappa shape index (κ2) is 8.28. The first-order valence-electron chi connectivity index (χ1n) is 10.5. The lowest BCUT2D eigenvalue weighted by Gasteiger charge is -2.42. The summed E-state index contributed by atoms with van der Waals surface area (Å²) < 4.78 is 0. The third-order valence-electron chi connectivity index (χ3n) is 6.50. The second-order valence-electron chi connectivity index (χ2n) is 8.34. The van der Waals surface area contributed by atoms with Gasteiger partial charge in [-0.1, -0.05) is 61.7 Å². The third-order valence-corrected chi connectivity index (χ3v) is 6.50. The first kappa shape index (κ1) is 18.3. The van der Waals surface area contributed by atoms with Crippen LogP contribution in [-0.4, -0.2) is 29.3 Å². The van der Waals surface area contributed by atoms with Crippen molar-refractivity contribution in [3.63, 3.8) is 0 Å². The normalized spacial score (nSPS) is 28.7. The Balaban J connectivity index is 1.46. The van der Waals surface area contributed by atoms with E-state index in [1.54, 1.807) is 0 Å². The molecule has 1 heterocycles. The van der Waals surface area contributed by atoms with Gasteiger partial charge in [-0.15, -0.1) is 0 Å². The molecule has 4 nitrogen and oxygen atoms in total. The average molecular weight is 367 g/mol. The van der Waals surface area contributed by atoms with Crippen molar-refractivity contribution >= 4 is 11.8 Å². The quantitative estimate of drug-likeness (QED) is 0.827. The van der Waals surface area contributed by atoms with Crippen molar-refractivity contribution in [3.05, 3.63) is 48.0 Å². The Labute approximate surface area is 162 Å². The van der Waals surface area contributed by atoms with E-state index in [2.05, 4.69) is 29.6 Å². The molecule has 27 heavy (non-hydrogen) atoms. The number of carbonyl (C=O) groups excluding carboxylic acids is 2. The maximum atomic E-state index is 13.3. The Morgan fingerprint density at radius 3 is 2.63 bits per heavy atom. The van der Waals surface area contributed by atoms with Crippen molar-refractivity contribution in [1.29, 1.82) is 0 Å². The van der Waals surface area contributed by atoms with Gasteiger partial charge in [0.15, 0.2) is 0 Å². The number of benzene rings is 1. The zero-order chi connectivity index (χ0) is 18.6. The van der Waals surface area contributed by atoms with Crippen LogP contribution in [0.25, 0.3) is 0 Å². The summed E-state index contributed by atoms with van der Waals surface area (Å²) in [7, 11) is 0. The largest absolute Gasteiger partial charge is 0.353 e. The van der Waals surface area contributed by atoms with Crippen LogP contribution in [0.4, 0.5) is 0 Å².